The number of amides is 2. The van der Waals surface area contributed by atoms with Gasteiger partial charge in [-0.1, -0.05) is 0 Å². The molecule has 2 saturated heterocycles. The van der Waals surface area contributed by atoms with Gasteiger partial charge >= 0.3 is 0 Å². The predicted octanol–water partition coefficient (Wildman–Crippen LogP) is 0.162. The van der Waals surface area contributed by atoms with Gasteiger partial charge in [-0.25, -0.2) is 0 Å². The molecule has 0 bridgehead atoms. The van der Waals surface area contributed by atoms with Crippen LogP contribution in [0.15, 0.2) is 0 Å². The summed E-state index contributed by atoms with van der Waals surface area (Å²) >= 11 is 1.57. The fourth-order valence-corrected chi connectivity index (χ4v) is 3.45. The molecule has 2 amide bonds. The molecule has 2 rings (SSSR count). The first-order valence-electron chi connectivity index (χ1n) is 6.82. The van der Waals surface area contributed by atoms with Crippen LogP contribution in [0, 0.1) is 0 Å². The van der Waals surface area contributed by atoms with Crippen molar-refractivity contribution in [3.05, 3.63) is 0 Å². The van der Waals surface area contributed by atoms with Gasteiger partial charge in [0, 0.05) is 38.1 Å². The second-order valence-corrected chi connectivity index (χ2v) is 6.36. The van der Waals surface area contributed by atoms with Crippen molar-refractivity contribution in [3.63, 3.8) is 0 Å². The van der Waals surface area contributed by atoms with E-state index in [4.69, 9.17) is 0 Å². The van der Waals surface area contributed by atoms with Crippen LogP contribution >= 0.6 is 11.8 Å². The molecule has 0 unspecified atom stereocenters. The molecule has 1 N–H and O–H groups in total. The van der Waals surface area contributed by atoms with Crippen LogP contribution in [0.4, 0.5) is 0 Å². The van der Waals surface area contributed by atoms with Crippen LogP contribution < -0.4 is 5.32 Å². The van der Waals surface area contributed by atoms with Gasteiger partial charge in [0.2, 0.25) is 11.8 Å². The molecule has 2 aliphatic rings. The van der Waals surface area contributed by atoms with E-state index in [-0.39, 0.29) is 17.4 Å². The van der Waals surface area contributed by atoms with E-state index in [2.05, 4.69) is 17.3 Å². The number of carbonyl (C=O) groups excluding carboxylic acids is 2. The first-order chi connectivity index (χ1) is 9.07. The average Bonchev–Trinajstić information content (AvgIpc) is 2.57. The molecule has 1 spiro atoms. The van der Waals surface area contributed by atoms with Gasteiger partial charge in [-0.15, -0.1) is 0 Å². The third-order valence-corrected chi connectivity index (χ3v) is 4.89. The van der Waals surface area contributed by atoms with Crippen molar-refractivity contribution in [2.45, 2.75) is 24.8 Å². The molecular formula is C13H23N3O2S. The molecule has 0 aromatic heterocycles. The van der Waals surface area contributed by atoms with E-state index in [0.29, 0.717) is 18.7 Å². The molecule has 108 valence electrons. The van der Waals surface area contributed by atoms with Crippen molar-refractivity contribution in [2.75, 3.05) is 45.2 Å². The van der Waals surface area contributed by atoms with E-state index < -0.39 is 0 Å². The summed E-state index contributed by atoms with van der Waals surface area (Å²) in [6.07, 6.45) is 4.30. The topological polar surface area (TPSA) is 52.7 Å². The lowest BCUT2D eigenvalue weighted by molar-refractivity contribution is -0.134. The van der Waals surface area contributed by atoms with Crippen LogP contribution in [-0.2, 0) is 9.59 Å². The van der Waals surface area contributed by atoms with Gasteiger partial charge < -0.3 is 10.2 Å². The second kappa shape index (κ2) is 6.13. The third-order valence-electron chi connectivity index (χ3n) is 4.35. The van der Waals surface area contributed by atoms with Gasteiger partial charge in [-0.05, 0) is 26.1 Å². The van der Waals surface area contributed by atoms with Crippen LogP contribution in [-0.4, -0.2) is 72.4 Å². The number of hydrogen-bond donors (Lipinski definition) is 1. The minimum absolute atomic E-state index is 0.0223. The largest absolute Gasteiger partial charge is 0.356 e. The van der Waals surface area contributed by atoms with E-state index in [1.54, 1.807) is 11.8 Å². The Kier molecular flexibility index (Phi) is 4.73. The molecule has 6 heteroatoms. The first kappa shape index (κ1) is 14.7. The van der Waals surface area contributed by atoms with E-state index in [9.17, 15) is 9.59 Å². The fraction of sp³-hybridized carbons (Fsp3) is 0.846. The summed E-state index contributed by atoms with van der Waals surface area (Å²) in [5.74, 6) is 0.915. The maximum absolute atomic E-state index is 12.1. The molecule has 0 radical (unpaired) electrons. The highest BCUT2D eigenvalue weighted by molar-refractivity contribution is 7.99. The summed E-state index contributed by atoms with van der Waals surface area (Å²) in [7, 11) is 2.12. The summed E-state index contributed by atoms with van der Waals surface area (Å²) in [6.45, 7) is 3.18. The average molecular weight is 285 g/mol. The fourth-order valence-electron chi connectivity index (χ4n) is 3.02. The summed E-state index contributed by atoms with van der Waals surface area (Å²) in [6, 6.07) is 0. The zero-order valence-electron chi connectivity index (χ0n) is 11.8. The zero-order valence-corrected chi connectivity index (χ0v) is 12.6. The van der Waals surface area contributed by atoms with Crippen molar-refractivity contribution >= 4 is 23.6 Å². The van der Waals surface area contributed by atoms with Crippen molar-refractivity contribution in [2.24, 2.45) is 0 Å². The van der Waals surface area contributed by atoms with Gasteiger partial charge in [0.25, 0.3) is 0 Å². The number of rotatable bonds is 2. The lowest BCUT2D eigenvalue weighted by atomic mass is 9.86. The van der Waals surface area contributed by atoms with Gasteiger partial charge in [0.1, 0.15) is 0 Å². The minimum atomic E-state index is -0.0223. The Bertz CT molecular complexity index is 364. The van der Waals surface area contributed by atoms with Gasteiger partial charge in [0.15, 0.2) is 0 Å². The molecule has 2 fully saturated rings. The first-order valence-corrected chi connectivity index (χ1v) is 8.21. The maximum atomic E-state index is 12.1. The molecule has 0 aliphatic carbocycles. The number of carbonyl (C=O) groups is 2. The lowest BCUT2D eigenvalue weighted by Crippen LogP contribution is -2.62. The molecule has 0 saturated carbocycles. The molecule has 0 aromatic carbocycles. The molecule has 2 heterocycles. The summed E-state index contributed by atoms with van der Waals surface area (Å²) in [5.41, 5.74) is -0.0223. The van der Waals surface area contributed by atoms with Crippen LogP contribution in [0.3, 0.4) is 0 Å². The van der Waals surface area contributed by atoms with E-state index in [1.807, 2.05) is 11.2 Å². The monoisotopic (exact) mass is 285 g/mol. The summed E-state index contributed by atoms with van der Waals surface area (Å²) < 4.78 is 0. The van der Waals surface area contributed by atoms with Crippen LogP contribution in [0.1, 0.15) is 19.3 Å². The highest BCUT2D eigenvalue weighted by Crippen LogP contribution is 2.30. The van der Waals surface area contributed by atoms with E-state index in [1.165, 1.54) is 0 Å². The standard InChI is InChI=1S/C13H23N3O2S/c1-15-7-8-16(12(18)9-19-2)10-13(15)4-3-11(17)14-6-5-13/h3-10H2,1-2H3,(H,14,17)/t13-/m1/s1. The number of nitrogens with one attached hydrogen (secondary N) is 1. The van der Waals surface area contributed by atoms with Gasteiger partial charge in [-0.3, -0.25) is 14.5 Å². The Balaban J connectivity index is 2.08. The van der Waals surface area contributed by atoms with Gasteiger partial charge in [-0.2, -0.15) is 11.8 Å². The zero-order chi connectivity index (χ0) is 13.9. The number of likely N-dealkylation sites (N-methyl/N-ethyl adjacent to an activating group) is 1. The number of thioether (sulfide) groups is 1. The van der Waals surface area contributed by atoms with Crippen molar-refractivity contribution in [3.8, 4) is 0 Å². The Labute approximate surface area is 119 Å². The van der Waals surface area contributed by atoms with Crippen molar-refractivity contribution in [1.29, 1.82) is 0 Å². The molecule has 5 nitrogen and oxygen atoms in total. The van der Waals surface area contributed by atoms with Crippen LogP contribution in [0.5, 0.6) is 0 Å². The number of piperazine rings is 1. The molecule has 1 atom stereocenters. The molecule has 0 aromatic rings. The maximum Gasteiger partial charge on any atom is 0.232 e. The molecular weight excluding hydrogens is 262 g/mol. The Morgan fingerprint density at radius 1 is 1.42 bits per heavy atom. The Morgan fingerprint density at radius 2 is 2.21 bits per heavy atom. The normalized spacial score (nSPS) is 29.2. The summed E-state index contributed by atoms with van der Waals surface area (Å²) in [5, 5.41) is 2.93. The minimum Gasteiger partial charge on any atom is -0.356 e. The van der Waals surface area contributed by atoms with Crippen LogP contribution in [0.25, 0.3) is 0 Å². The smallest absolute Gasteiger partial charge is 0.232 e. The summed E-state index contributed by atoms with van der Waals surface area (Å²) in [4.78, 5) is 27.9. The van der Waals surface area contributed by atoms with Crippen LogP contribution in [0.2, 0.25) is 0 Å². The molecule has 19 heavy (non-hydrogen) atoms. The SMILES string of the molecule is CSCC(=O)N1CCN(C)[C@]2(CCNC(=O)CC2)C1. The van der Waals surface area contributed by atoms with Crippen molar-refractivity contribution in [1.82, 2.24) is 15.1 Å². The Hall–Kier alpha value is -0.750. The van der Waals surface area contributed by atoms with Crippen molar-refractivity contribution < 1.29 is 9.59 Å². The Morgan fingerprint density at radius 3 is 2.95 bits per heavy atom. The molecule has 2 aliphatic heterocycles. The quantitative estimate of drug-likeness (QED) is 0.785. The third kappa shape index (κ3) is 3.23. The lowest BCUT2D eigenvalue weighted by Gasteiger charge is -2.49. The highest BCUT2D eigenvalue weighted by Gasteiger charge is 2.41. The predicted molar refractivity (Wildman–Crippen MR) is 77.2 cm³/mol. The van der Waals surface area contributed by atoms with Gasteiger partial charge in [0.05, 0.1) is 5.75 Å². The number of hydrogen-bond acceptors (Lipinski definition) is 4. The van der Waals surface area contributed by atoms with E-state index >= 15 is 0 Å². The second-order valence-electron chi connectivity index (χ2n) is 5.49. The number of nitrogens with zero attached hydrogens (tertiary/aromatic N) is 2. The van der Waals surface area contributed by atoms with E-state index in [0.717, 1.165) is 32.5 Å². The highest BCUT2D eigenvalue weighted by atomic mass is 32.2.